The summed E-state index contributed by atoms with van der Waals surface area (Å²) in [4.78, 5) is 8.56. The largest absolute Gasteiger partial charge is 0.493 e. The predicted octanol–water partition coefficient (Wildman–Crippen LogP) is 5.22. The van der Waals surface area contributed by atoms with Gasteiger partial charge >= 0.3 is 0 Å². The lowest BCUT2D eigenvalue weighted by molar-refractivity contribution is 0.283. The second-order valence-corrected chi connectivity index (χ2v) is 6.39. The lowest BCUT2D eigenvalue weighted by Crippen LogP contribution is -2.08. The molecule has 0 aliphatic heterocycles. The van der Waals surface area contributed by atoms with Crippen molar-refractivity contribution < 1.29 is 9.15 Å². The summed E-state index contributed by atoms with van der Waals surface area (Å²) in [6, 6.07) is 16.1. The number of oxazole rings is 1. The lowest BCUT2D eigenvalue weighted by atomic mass is 10.2. The molecule has 0 aliphatic rings. The van der Waals surface area contributed by atoms with E-state index in [1.165, 1.54) is 0 Å². The van der Waals surface area contributed by atoms with E-state index in [1.54, 1.807) is 6.20 Å². The summed E-state index contributed by atoms with van der Waals surface area (Å²) in [7, 11) is 0. The van der Waals surface area contributed by atoms with Crippen LogP contribution >= 0.6 is 0 Å². The van der Waals surface area contributed by atoms with Crippen LogP contribution in [0.2, 0.25) is 0 Å². The Morgan fingerprint density at radius 3 is 2.81 bits per heavy atom. The van der Waals surface area contributed by atoms with E-state index in [0.717, 1.165) is 28.8 Å². The smallest absolute Gasteiger partial charge is 0.220 e. The van der Waals surface area contributed by atoms with Crippen LogP contribution in [0.1, 0.15) is 30.8 Å². The molecule has 4 rings (SSSR count). The number of nitrogens with zero attached hydrogens (tertiary/aromatic N) is 3. The van der Waals surface area contributed by atoms with Crippen molar-refractivity contribution in [2.45, 2.75) is 19.4 Å². The zero-order valence-corrected chi connectivity index (χ0v) is 15.2. The van der Waals surface area contributed by atoms with E-state index >= 15 is 0 Å². The third-order valence-corrected chi connectivity index (χ3v) is 4.46. The topological polar surface area (TPSA) is 53.1 Å². The highest BCUT2D eigenvalue weighted by Gasteiger charge is 2.06. The Labute approximate surface area is 157 Å². The van der Waals surface area contributed by atoms with Crippen LogP contribution < -0.4 is 4.74 Å². The molecule has 0 saturated heterocycles. The van der Waals surface area contributed by atoms with Gasteiger partial charge in [0.2, 0.25) is 5.89 Å². The van der Waals surface area contributed by atoms with Crippen LogP contribution in [0.3, 0.4) is 0 Å². The molecule has 5 nitrogen and oxygen atoms in total. The van der Waals surface area contributed by atoms with Crippen LogP contribution in [0.5, 0.6) is 5.75 Å². The molecule has 0 bridgehead atoms. The summed E-state index contributed by atoms with van der Waals surface area (Å²) in [5.74, 6) is 1.43. The fraction of sp³-hybridized carbons (Fsp3) is 0.182. The van der Waals surface area contributed by atoms with Gasteiger partial charge in [-0.05, 0) is 31.2 Å². The average molecular weight is 359 g/mol. The number of ether oxygens (including phenoxy) is 1. The molecule has 0 amide bonds. The van der Waals surface area contributed by atoms with Crippen LogP contribution in [0, 0.1) is 0 Å². The van der Waals surface area contributed by atoms with Gasteiger partial charge in [-0.25, -0.2) is 9.97 Å². The molecule has 5 heteroatoms. The second kappa shape index (κ2) is 7.91. The van der Waals surface area contributed by atoms with Gasteiger partial charge in [-0.1, -0.05) is 30.3 Å². The standard InChI is InChI=1S/C22H21N3O2/c1-17(25-14-13-23-16-25)12-15-26-20-8-4-2-6-18(20)10-11-22-24-19-7-3-5-9-21(19)27-22/h2-11,13-14,16-17H,12,15H2,1H3/b11-10+. The van der Waals surface area contributed by atoms with E-state index in [0.29, 0.717) is 18.5 Å². The zero-order valence-electron chi connectivity index (χ0n) is 15.2. The van der Waals surface area contributed by atoms with Gasteiger partial charge in [0.25, 0.3) is 0 Å². The number of fused-ring (bicyclic) bond motifs is 1. The van der Waals surface area contributed by atoms with E-state index in [-0.39, 0.29) is 0 Å². The van der Waals surface area contributed by atoms with Crippen LogP contribution in [0.15, 0.2) is 71.7 Å². The zero-order chi connectivity index (χ0) is 18.5. The molecule has 2 aromatic heterocycles. The van der Waals surface area contributed by atoms with Crippen molar-refractivity contribution in [2.75, 3.05) is 6.61 Å². The highest BCUT2D eigenvalue weighted by molar-refractivity contribution is 5.76. The minimum atomic E-state index is 0.343. The van der Waals surface area contributed by atoms with Gasteiger partial charge in [-0.3, -0.25) is 0 Å². The summed E-state index contributed by atoms with van der Waals surface area (Å²) in [6.45, 7) is 2.79. The summed E-state index contributed by atoms with van der Waals surface area (Å²) >= 11 is 0. The normalized spacial score (nSPS) is 12.6. The van der Waals surface area contributed by atoms with E-state index < -0.39 is 0 Å². The number of para-hydroxylation sites is 3. The fourth-order valence-electron chi connectivity index (χ4n) is 2.89. The average Bonchev–Trinajstić information content (AvgIpc) is 3.36. The minimum absolute atomic E-state index is 0.343. The van der Waals surface area contributed by atoms with Gasteiger partial charge in [0.15, 0.2) is 5.58 Å². The molecule has 2 heterocycles. The Morgan fingerprint density at radius 2 is 1.96 bits per heavy atom. The molecule has 4 aromatic rings. The van der Waals surface area contributed by atoms with Crippen molar-refractivity contribution in [2.24, 2.45) is 0 Å². The van der Waals surface area contributed by atoms with Crippen molar-refractivity contribution in [1.29, 1.82) is 0 Å². The number of hydrogen-bond donors (Lipinski definition) is 0. The summed E-state index contributed by atoms with van der Waals surface area (Å²) in [6.07, 6.45) is 10.3. The minimum Gasteiger partial charge on any atom is -0.493 e. The van der Waals surface area contributed by atoms with E-state index in [9.17, 15) is 0 Å². The van der Waals surface area contributed by atoms with E-state index in [2.05, 4.69) is 21.5 Å². The van der Waals surface area contributed by atoms with Crippen LogP contribution in [0.25, 0.3) is 23.3 Å². The van der Waals surface area contributed by atoms with E-state index in [1.807, 2.05) is 73.2 Å². The maximum Gasteiger partial charge on any atom is 0.220 e. The van der Waals surface area contributed by atoms with Crippen LogP contribution in [-0.4, -0.2) is 21.1 Å². The predicted molar refractivity (Wildman–Crippen MR) is 106 cm³/mol. The third-order valence-electron chi connectivity index (χ3n) is 4.46. The first-order valence-corrected chi connectivity index (χ1v) is 9.02. The fourth-order valence-corrected chi connectivity index (χ4v) is 2.89. The molecule has 1 atom stereocenters. The monoisotopic (exact) mass is 359 g/mol. The number of hydrogen-bond acceptors (Lipinski definition) is 4. The molecule has 0 fully saturated rings. The number of rotatable bonds is 7. The van der Waals surface area contributed by atoms with Gasteiger partial charge in [-0.2, -0.15) is 0 Å². The SMILES string of the molecule is CC(CCOc1ccccc1/C=C/c1nc2ccccc2o1)n1ccnc1. The van der Waals surface area contributed by atoms with Gasteiger partial charge in [0.05, 0.1) is 12.9 Å². The number of aromatic nitrogens is 3. The second-order valence-electron chi connectivity index (χ2n) is 6.39. The Bertz CT molecular complexity index is 1000. The Morgan fingerprint density at radius 1 is 1.11 bits per heavy atom. The molecule has 136 valence electrons. The summed E-state index contributed by atoms with van der Waals surface area (Å²) in [5.41, 5.74) is 2.64. The van der Waals surface area contributed by atoms with Crippen LogP contribution in [0.4, 0.5) is 0 Å². The Kier molecular flexibility index (Phi) is 5.01. The highest BCUT2D eigenvalue weighted by Crippen LogP contribution is 2.23. The van der Waals surface area contributed by atoms with Gasteiger partial charge in [-0.15, -0.1) is 0 Å². The summed E-state index contributed by atoms with van der Waals surface area (Å²) in [5, 5.41) is 0. The molecule has 2 aromatic carbocycles. The van der Waals surface area contributed by atoms with Crippen LogP contribution in [-0.2, 0) is 0 Å². The molecule has 1 unspecified atom stereocenters. The molecule has 27 heavy (non-hydrogen) atoms. The Balaban J connectivity index is 1.43. The van der Waals surface area contributed by atoms with Crippen molar-refractivity contribution in [3.05, 3.63) is 78.7 Å². The van der Waals surface area contributed by atoms with Crippen molar-refractivity contribution in [3.63, 3.8) is 0 Å². The first-order chi connectivity index (χ1) is 13.3. The molecule has 0 N–H and O–H groups in total. The molecule has 0 aliphatic carbocycles. The van der Waals surface area contributed by atoms with Gasteiger partial charge < -0.3 is 13.7 Å². The lowest BCUT2D eigenvalue weighted by Gasteiger charge is -2.14. The molecule has 0 radical (unpaired) electrons. The molecular weight excluding hydrogens is 338 g/mol. The molecule has 0 spiro atoms. The highest BCUT2D eigenvalue weighted by atomic mass is 16.5. The first-order valence-electron chi connectivity index (χ1n) is 9.02. The maximum atomic E-state index is 6.02. The van der Waals surface area contributed by atoms with Crippen molar-refractivity contribution >= 4 is 23.3 Å². The quantitative estimate of drug-likeness (QED) is 0.454. The Hall–Kier alpha value is -3.34. The van der Waals surface area contributed by atoms with Crippen molar-refractivity contribution in [3.8, 4) is 5.75 Å². The summed E-state index contributed by atoms with van der Waals surface area (Å²) < 4.78 is 13.8. The third kappa shape index (κ3) is 4.08. The maximum absolute atomic E-state index is 6.02. The van der Waals surface area contributed by atoms with Crippen molar-refractivity contribution in [1.82, 2.24) is 14.5 Å². The molecular formula is C22H21N3O2. The number of benzene rings is 2. The van der Waals surface area contributed by atoms with E-state index in [4.69, 9.17) is 9.15 Å². The van der Waals surface area contributed by atoms with Gasteiger partial charge in [0.1, 0.15) is 11.3 Å². The number of imidazole rings is 1. The molecule has 0 saturated carbocycles. The first kappa shape index (κ1) is 17.1. The van der Waals surface area contributed by atoms with Gasteiger partial charge in [0, 0.05) is 36.5 Å².